The maximum Gasteiger partial charge on any atom is 0.290 e. The van der Waals surface area contributed by atoms with Crippen LogP contribution in [0.1, 0.15) is 53.4 Å². The van der Waals surface area contributed by atoms with E-state index in [4.69, 9.17) is 9.15 Å². The summed E-state index contributed by atoms with van der Waals surface area (Å²) in [7, 11) is 1.61. The molecule has 1 aromatic heterocycles. The van der Waals surface area contributed by atoms with E-state index in [1.807, 2.05) is 54.6 Å². The highest BCUT2D eigenvalue weighted by atomic mass is 16.5. The molecule has 4 rings (SSSR count). The number of carbonyl (C=O) groups excluding carboxylic acids is 2. The first-order chi connectivity index (χ1) is 15.7. The molecule has 1 aliphatic rings. The molecule has 6 nitrogen and oxygen atoms in total. The first kappa shape index (κ1) is 21.7. The number of amides is 2. The van der Waals surface area contributed by atoms with Gasteiger partial charge in [-0.15, -0.1) is 0 Å². The van der Waals surface area contributed by atoms with Gasteiger partial charge in [-0.1, -0.05) is 55.3 Å². The topological polar surface area (TPSA) is 71.8 Å². The zero-order valence-corrected chi connectivity index (χ0v) is 18.2. The van der Waals surface area contributed by atoms with Crippen LogP contribution in [-0.4, -0.2) is 29.9 Å². The molecule has 1 aliphatic carbocycles. The molecule has 0 bridgehead atoms. The fraction of sp³-hybridized carbons (Fsp3) is 0.308. The third-order valence-corrected chi connectivity index (χ3v) is 5.88. The van der Waals surface area contributed by atoms with Crippen LogP contribution in [0.15, 0.2) is 77.4 Å². The maximum absolute atomic E-state index is 13.6. The Bertz CT molecular complexity index is 1010. The first-order valence-corrected chi connectivity index (χ1v) is 11.0. The van der Waals surface area contributed by atoms with Gasteiger partial charge in [0, 0.05) is 12.6 Å². The summed E-state index contributed by atoms with van der Waals surface area (Å²) in [6.07, 6.45) is 5.63. The van der Waals surface area contributed by atoms with Gasteiger partial charge in [-0.25, -0.2) is 0 Å². The third-order valence-electron chi connectivity index (χ3n) is 5.88. The Morgan fingerprint density at radius 1 is 1.03 bits per heavy atom. The van der Waals surface area contributed by atoms with Crippen LogP contribution < -0.4 is 10.1 Å². The monoisotopic (exact) mass is 432 g/mol. The number of carbonyl (C=O) groups is 2. The van der Waals surface area contributed by atoms with Gasteiger partial charge in [0.2, 0.25) is 5.91 Å². The quantitative estimate of drug-likeness (QED) is 0.559. The number of furan rings is 1. The van der Waals surface area contributed by atoms with Crippen molar-refractivity contribution in [1.82, 2.24) is 10.2 Å². The zero-order chi connectivity index (χ0) is 22.3. The lowest BCUT2D eigenvalue weighted by atomic mass is 10.0. The Morgan fingerprint density at radius 3 is 2.38 bits per heavy atom. The summed E-state index contributed by atoms with van der Waals surface area (Å²) in [4.78, 5) is 28.7. The molecule has 32 heavy (non-hydrogen) atoms. The molecule has 1 unspecified atom stereocenters. The van der Waals surface area contributed by atoms with E-state index in [1.165, 1.54) is 6.26 Å². The van der Waals surface area contributed by atoms with E-state index in [-0.39, 0.29) is 30.2 Å². The minimum Gasteiger partial charge on any atom is -0.497 e. The van der Waals surface area contributed by atoms with Crippen LogP contribution in [0.25, 0.3) is 0 Å². The summed E-state index contributed by atoms with van der Waals surface area (Å²) in [6.45, 7) is 0.251. The lowest BCUT2D eigenvalue weighted by Crippen LogP contribution is -2.45. The Balaban J connectivity index is 1.70. The van der Waals surface area contributed by atoms with Crippen molar-refractivity contribution in [2.45, 2.75) is 44.3 Å². The van der Waals surface area contributed by atoms with Crippen LogP contribution in [0.2, 0.25) is 0 Å². The molecule has 6 heteroatoms. The second-order valence-electron chi connectivity index (χ2n) is 8.06. The van der Waals surface area contributed by atoms with Gasteiger partial charge in [-0.2, -0.15) is 0 Å². The predicted octanol–water partition coefficient (Wildman–Crippen LogP) is 4.73. The number of methoxy groups -OCH3 is 1. The molecule has 1 saturated carbocycles. The van der Waals surface area contributed by atoms with Crippen molar-refractivity contribution in [3.05, 3.63) is 89.9 Å². The molecule has 0 saturated heterocycles. The van der Waals surface area contributed by atoms with E-state index in [1.54, 1.807) is 24.1 Å². The van der Waals surface area contributed by atoms with Crippen molar-refractivity contribution in [2.75, 3.05) is 7.11 Å². The van der Waals surface area contributed by atoms with Gasteiger partial charge in [-0.3, -0.25) is 9.59 Å². The highest BCUT2D eigenvalue weighted by Crippen LogP contribution is 2.28. The number of ether oxygens (including phenoxy) is 1. The van der Waals surface area contributed by atoms with E-state index >= 15 is 0 Å². The Morgan fingerprint density at radius 2 is 1.75 bits per heavy atom. The fourth-order valence-corrected chi connectivity index (χ4v) is 4.21. The van der Waals surface area contributed by atoms with Crippen LogP contribution in [0.5, 0.6) is 5.75 Å². The van der Waals surface area contributed by atoms with Crippen LogP contribution in [0.4, 0.5) is 0 Å². The van der Waals surface area contributed by atoms with Crippen LogP contribution in [0, 0.1) is 0 Å². The molecule has 166 valence electrons. The average Bonchev–Trinajstić information content (AvgIpc) is 3.54. The summed E-state index contributed by atoms with van der Waals surface area (Å²) in [5.41, 5.74) is 1.65. The van der Waals surface area contributed by atoms with Crippen LogP contribution in [0.3, 0.4) is 0 Å². The van der Waals surface area contributed by atoms with Gasteiger partial charge in [0.25, 0.3) is 5.91 Å². The minimum atomic E-state index is -0.781. The van der Waals surface area contributed by atoms with E-state index in [2.05, 4.69) is 5.32 Å². The lowest BCUT2D eigenvalue weighted by Gasteiger charge is -2.32. The molecule has 2 amide bonds. The van der Waals surface area contributed by atoms with Crippen molar-refractivity contribution in [2.24, 2.45) is 0 Å². The maximum atomic E-state index is 13.6. The van der Waals surface area contributed by atoms with Gasteiger partial charge in [0.1, 0.15) is 11.8 Å². The van der Waals surface area contributed by atoms with Crippen LogP contribution in [-0.2, 0) is 11.3 Å². The molecule has 1 heterocycles. The molecule has 0 spiro atoms. The third kappa shape index (κ3) is 5.02. The van der Waals surface area contributed by atoms with Crippen molar-refractivity contribution in [3.63, 3.8) is 0 Å². The molecule has 1 N–H and O–H groups in total. The Labute approximate surface area is 188 Å². The van der Waals surface area contributed by atoms with E-state index in [0.717, 1.165) is 42.6 Å². The lowest BCUT2D eigenvalue weighted by molar-refractivity contribution is -0.126. The van der Waals surface area contributed by atoms with E-state index in [0.29, 0.717) is 0 Å². The Kier molecular flexibility index (Phi) is 6.90. The van der Waals surface area contributed by atoms with E-state index < -0.39 is 6.04 Å². The predicted molar refractivity (Wildman–Crippen MR) is 121 cm³/mol. The van der Waals surface area contributed by atoms with E-state index in [9.17, 15) is 9.59 Å². The molecule has 1 fully saturated rings. The smallest absolute Gasteiger partial charge is 0.290 e. The minimum absolute atomic E-state index is 0.148. The van der Waals surface area contributed by atoms with Gasteiger partial charge in [-0.05, 0) is 48.2 Å². The van der Waals surface area contributed by atoms with Gasteiger partial charge in [0.05, 0.1) is 13.4 Å². The summed E-state index contributed by atoms with van der Waals surface area (Å²) in [5.74, 6) is 0.433. The first-order valence-electron chi connectivity index (χ1n) is 11.0. The molecule has 0 aliphatic heterocycles. The van der Waals surface area contributed by atoms with Crippen molar-refractivity contribution in [3.8, 4) is 5.75 Å². The molecular formula is C26H28N2O4. The molecule has 2 aromatic carbocycles. The summed E-state index contributed by atoms with van der Waals surface area (Å²) >= 11 is 0. The second kappa shape index (κ2) is 10.2. The van der Waals surface area contributed by atoms with Crippen LogP contribution >= 0.6 is 0 Å². The number of hydrogen-bond donors (Lipinski definition) is 1. The highest BCUT2D eigenvalue weighted by molar-refractivity contribution is 5.96. The highest BCUT2D eigenvalue weighted by Gasteiger charge is 2.34. The molecule has 1 atom stereocenters. The van der Waals surface area contributed by atoms with Crippen molar-refractivity contribution >= 4 is 11.8 Å². The SMILES string of the molecule is COc1ccc(CN(C(=O)c2ccco2)C(C(=O)NC2CCCC2)c2ccccc2)cc1. The number of hydrogen-bond acceptors (Lipinski definition) is 4. The van der Waals surface area contributed by atoms with Gasteiger partial charge >= 0.3 is 0 Å². The summed E-state index contributed by atoms with van der Waals surface area (Å²) < 4.78 is 10.7. The zero-order valence-electron chi connectivity index (χ0n) is 18.2. The van der Waals surface area contributed by atoms with Gasteiger partial charge in [0.15, 0.2) is 5.76 Å². The largest absolute Gasteiger partial charge is 0.497 e. The average molecular weight is 433 g/mol. The standard InChI is InChI=1S/C26H28N2O4/c1-31-22-15-13-19(14-16-22)18-28(26(30)23-12-7-17-32-23)24(20-8-3-2-4-9-20)25(29)27-21-10-5-6-11-21/h2-4,7-9,12-17,21,24H,5-6,10-11,18H2,1H3,(H,27,29). The Hall–Kier alpha value is -3.54. The number of nitrogens with zero attached hydrogens (tertiary/aromatic N) is 1. The van der Waals surface area contributed by atoms with Crippen molar-refractivity contribution in [1.29, 1.82) is 0 Å². The number of rotatable bonds is 8. The number of nitrogens with one attached hydrogen (secondary N) is 1. The number of benzene rings is 2. The fourth-order valence-electron chi connectivity index (χ4n) is 4.21. The van der Waals surface area contributed by atoms with Crippen molar-refractivity contribution < 1.29 is 18.7 Å². The molecule has 3 aromatic rings. The van der Waals surface area contributed by atoms with Gasteiger partial charge < -0.3 is 19.4 Å². The molecular weight excluding hydrogens is 404 g/mol. The summed E-state index contributed by atoms with van der Waals surface area (Å²) in [5, 5.41) is 3.18. The normalized spacial score (nSPS) is 14.7. The second-order valence-corrected chi connectivity index (χ2v) is 8.06. The molecule has 0 radical (unpaired) electrons. The summed E-state index contributed by atoms with van der Waals surface area (Å²) in [6, 6.07) is 19.6.